The third-order valence-electron chi connectivity index (χ3n) is 3.06. The Morgan fingerprint density at radius 3 is 2.69 bits per heavy atom. The van der Waals surface area contributed by atoms with Crippen molar-refractivity contribution in [1.82, 2.24) is 4.98 Å². The smallest absolute Gasteiger partial charge is 0.194 e. The van der Waals surface area contributed by atoms with Crippen LogP contribution in [0.1, 0.15) is 25.7 Å². The van der Waals surface area contributed by atoms with Crippen molar-refractivity contribution in [1.29, 1.82) is 0 Å². The molecule has 1 aromatic rings. The van der Waals surface area contributed by atoms with Gasteiger partial charge in [-0.1, -0.05) is 0 Å². The Morgan fingerprint density at radius 2 is 1.94 bits per heavy atom. The SMILES string of the molecule is Brc1nc(I)cc2c1OC1CCCCC1O2. The zero-order chi connectivity index (χ0) is 11.1. The third-order valence-corrected chi connectivity index (χ3v) is 4.15. The molecular formula is C11H11BrINO2. The van der Waals surface area contributed by atoms with E-state index in [-0.39, 0.29) is 12.2 Å². The lowest BCUT2D eigenvalue weighted by atomic mass is 9.94. The van der Waals surface area contributed by atoms with Crippen LogP contribution in [-0.2, 0) is 0 Å². The van der Waals surface area contributed by atoms with Gasteiger partial charge in [0.1, 0.15) is 15.9 Å². The first kappa shape index (κ1) is 11.1. The highest BCUT2D eigenvalue weighted by molar-refractivity contribution is 14.1. The van der Waals surface area contributed by atoms with Gasteiger partial charge >= 0.3 is 0 Å². The summed E-state index contributed by atoms with van der Waals surface area (Å²) >= 11 is 5.61. The van der Waals surface area contributed by atoms with Gasteiger partial charge in [-0.25, -0.2) is 4.98 Å². The minimum atomic E-state index is 0.208. The van der Waals surface area contributed by atoms with Gasteiger partial charge in [0.15, 0.2) is 16.1 Å². The van der Waals surface area contributed by atoms with E-state index in [1.165, 1.54) is 12.8 Å². The van der Waals surface area contributed by atoms with Crippen molar-refractivity contribution in [2.24, 2.45) is 0 Å². The number of aromatic nitrogens is 1. The van der Waals surface area contributed by atoms with E-state index in [2.05, 4.69) is 43.5 Å². The number of ether oxygens (including phenoxy) is 2. The molecule has 1 saturated carbocycles. The predicted octanol–water partition coefficient (Wildman–Crippen LogP) is 3.53. The van der Waals surface area contributed by atoms with Gasteiger partial charge in [-0.3, -0.25) is 0 Å². The van der Waals surface area contributed by atoms with E-state index in [0.29, 0.717) is 0 Å². The molecule has 0 aromatic carbocycles. The number of pyridine rings is 1. The van der Waals surface area contributed by atoms with Gasteiger partial charge in [-0.05, 0) is 64.2 Å². The number of rotatable bonds is 0. The van der Waals surface area contributed by atoms with Crippen LogP contribution < -0.4 is 9.47 Å². The van der Waals surface area contributed by atoms with Gasteiger partial charge in [0, 0.05) is 6.07 Å². The molecule has 3 nitrogen and oxygen atoms in total. The maximum absolute atomic E-state index is 6.00. The molecular weight excluding hydrogens is 385 g/mol. The van der Waals surface area contributed by atoms with Crippen LogP contribution in [0.25, 0.3) is 0 Å². The second kappa shape index (κ2) is 4.33. The summed E-state index contributed by atoms with van der Waals surface area (Å²) in [5.41, 5.74) is 0. The van der Waals surface area contributed by atoms with Crippen LogP contribution in [0.2, 0.25) is 0 Å². The van der Waals surface area contributed by atoms with Crippen molar-refractivity contribution < 1.29 is 9.47 Å². The summed E-state index contributed by atoms with van der Waals surface area (Å²) in [6, 6.07) is 1.94. The van der Waals surface area contributed by atoms with Crippen LogP contribution in [0.15, 0.2) is 10.7 Å². The molecule has 2 aliphatic rings. The minimum Gasteiger partial charge on any atom is -0.482 e. The lowest BCUT2D eigenvalue weighted by Crippen LogP contribution is -2.42. The van der Waals surface area contributed by atoms with E-state index in [1.54, 1.807) is 0 Å². The van der Waals surface area contributed by atoms with Crippen molar-refractivity contribution in [3.8, 4) is 11.5 Å². The molecule has 16 heavy (non-hydrogen) atoms. The summed E-state index contributed by atoms with van der Waals surface area (Å²) in [5, 5.41) is 0. The highest BCUT2D eigenvalue weighted by Crippen LogP contribution is 2.42. The maximum Gasteiger partial charge on any atom is 0.194 e. The van der Waals surface area contributed by atoms with Gasteiger partial charge in [-0.15, -0.1) is 0 Å². The molecule has 2 heterocycles. The van der Waals surface area contributed by atoms with Gasteiger partial charge in [0.05, 0.1) is 0 Å². The van der Waals surface area contributed by atoms with E-state index >= 15 is 0 Å². The molecule has 0 bridgehead atoms. The van der Waals surface area contributed by atoms with Gasteiger partial charge in [-0.2, -0.15) is 0 Å². The largest absolute Gasteiger partial charge is 0.482 e. The van der Waals surface area contributed by atoms with E-state index in [4.69, 9.17) is 9.47 Å². The molecule has 3 rings (SSSR count). The Kier molecular flexibility index (Phi) is 2.99. The fourth-order valence-corrected chi connectivity index (χ4v) is 3.63. The topological polar surface area (TPSA) is 31.4 Å². The highest BCUT2D eigenvalue weighted by Gasteiger charge is 2.35. The lowest BCUT2D eigenvalue weighted by Gasteiger charge is -2.37. The fraction of sp³-hybridized carbons (Fsp3) is 0.545. The van der Waals surface area contributed by atoms with Gasteiger partial charge in [0.25, 0.3) is 0 Å². The van der Waals surface area contributed by atoms with Crippen LogP contribution in [0.5, 0.6) is 11.5 Å². The average molecular weight is 396 g/mol. The predicted molar refractivity (Wildman–Crippen MR) is 72.0 cm³/mol. The number of hydrogen-bond donors (Lipinski definition) is 0. The molecule has 0 spiro atoms. The summed E-state index contributed by atoms with van der Waals surface area (Å²) in [6.45, 7) is 0. The molecule has 5 heteroatoms. The molecule has 0 radical (unpaired) electrons. The lowest BCUT2D eigenvalue weighted by molar-refractivity contribution is -0.00723. The molecule has 2 atom stereocenters. The molecule has 1 aromatic heterocycles. The first-order valence-corrected chi connectivity index (χ1v) is 7.30. The van der Waals surface area contributed by atoms with Crippen molar-refractivity contribution in [2.75, 3.05) is 0 Å². The van der Waals surface area contributed by atoms with Crippen molar-refractivity contribution >= 4 is 38.5 Å². The zero-order valence-corrected chi connectivity index (χ0v) is 12.3. The molecule has 1 aliphatic heterocycles. The fourth-order valence-electron chi connectivity index (χ4n) is 2.29. The molecule has 1 aliphatic carbocycles. The summed E-state index contributed by atoms with van der Waals surface area (Å²) < 4.78 is 13.6. The van der Waals surface area contributed by atoms with E-state index in [0.717, 1.165) is 32.6 Å². The second-order valence-corrected chi connectivity index (χ2v) is 6.02. The average Bonchev–Trinajstić information content (AvgIpc) is 2.27. The van der Waals surface area contributed by atoms with Crippen molar-refractivity contribution in [2.45, 2.75) is 37.9 Å². The summed E-state index contributed by atoms with van der Waals surface area (Å²) in [5.74, 6) is 1.60. The zero-order valence-electron chi connectivity index (χ0n) is 8.58. The molecule has 0 amide bonds. The number of nitrogens with zero attached hydrogens (tertiary/aromatic N) is 1. The van der Waals surface area contributed by atoms with Gasteiger partial charge in [0.2, 0.25) is 0 Å². The van der Waals surface area contributed by atoms with Crippen LogP contribution in [0.3, 0.4) is 0 Å². The summed E-state index contributed by atoms with van der Waals surface area (Å²) in [4.78, 5) is 4.32. The molecule has 0 N–H and O–H groups in total. The summed E-state index contributed by atoms with van der Waals surface area (Å²) in [7, 11) is 0. The first-order chi connectivity index (χ1) is 7.74. The Morgan fingerprint density at radius 1 is 1.25 bits per heavy atom. The van der Waals surface area contributed by atoms with E-state index in [9.17, 15) is 0 Å². The number of halogens is 2. The Balaban J connectivity index is 1.98. The van der Waals surface area contributed by atoms with E-state index < -0.39 is 0 Å². The third kappa shape index (κ3) is 1.92. The first-order valence-electron chi connectivity index (χ1n) is 5.43. The molecule has 1 fully saturated rings. The molecule has 86 valence electrons. The quantitative estimate of drug-likeness (QED) is 0.497. The molecule has 2 unspecified atom stereocenters. The Hall–Kier alpha value is -0.0400. The monoisotopic (exact) mass is 395 g/mol. The Bertz CT molecular complexity index is 427. The van der Waals surface area contributed by atoms with Crippen LogP contribution >= 0.6 is 38.5 Å². The van der Waals surface area contributed by atoms with Crippen LogP contribution in [0.4, 0.5) is 0 Å². The van der Waals surface area contributed by atoms with Gasteiger partial charge < -0.3 is 9.47 Å². The standard InChI is InChI=1S/C11H11BrINO2/c12-11-10-8(5-9(13)14-11)15-6-3-1-2-4-7(6)16-10/h5-7H,1-4H2. The Labute approximate surface area is 116 Å². The van der Waals surface area contributed by atoms with Crippen molar-refractivity contribution in [3.63, 3.8) is 0 Å². The number of fused-ring (bicyclic) bond motifs is 2. The van der Waals surface area contributed by atoms with Crippen molar-refractivity contribution in [3.05, 3.63) is 14.4 Å². The van der Waals surface area contributed by atoms with E-state index in [1.807, 2.05) is 6.07 Å². The normalized spacial score (nSPS) is 27.4. The minimum absolute atomic E-state index is 0.208. The number of hydrogen-bond acceptors (Lipinski definition) is 3. The summed E-state index contributed by atoms with van der Waals surface area (Å²) in [6.07, 6.45) is 5.09. The maximum atomic E-state index is 6.00. The van der Waals surface area contributed by atoms with Crippen LogP contribution in [-0.4, -0.2) is 17.2 Å². The highest BCUT2D eigenvalue weighted by atomic mass is 127. The molecule has 0 saturated heterocycles. The van der Waals surface area contributed by atoms with Crippen LogP contribution in [0, 0.1) is 3.70 Å². The second-order valence-electron chi connectivity index (χ2n) is 4.16.